The molecule has 0 unspecified atom stereocenters. The molecule has 0 aliphatic heterocycles. The van der Waals surface area contributed by atoms with E-state index in [9.17, 15) is 4.79 Å². The summed E-state index contributed by atoms with van der Waals surface area (Å²) < 4.78 is 0. The fraction of sp³-hybridized carbons (Fsp3) is 0.556. The van der Waals surface area contributed by atoms with Gasteiger partial charge in [0.15, 0.2) is 0 Å². The molecule has 68 valence electrons. The van der Waals surface area contributed by atoms with E-state index in [2.05, 4.69) is 15.2 Å². The minimum atomic E-state index is 0.370. The molecule has 0 aromatic carbocycles. The Bertz CT molecular complexity index is 350. The van der Waals surface area contributed by atoms with Crippen LogP contribution in [0.2, 0.25) is 0 Å². The van der Waals surface area contributed by atoms with E-state index in [1.54, 1.807) is 0 Å². The van der Waals surface area contributed by atoms with Gasteiger partial charge in [0.2, 0.25) is 6.08 Å². The molecule has 1 aliphatic carbocycles. The number of nitrogens with zero attached hydrogens (tertiary/aromatic N) is 2. The van der Waals surface area contributed by atoms with E-state index in [0.29, 0.717) is 6.54 Å². The van der Waals surface area contributed by atoms with Gasteiger partial charge in [-0.3, -0.25) is 5.10 Å². The lowest BCUT2D eigenvalue weighted by atomic mass is 9.96. The van der Waals surface area contributed by atoms with E-state index >= 15 is 0 Å². The van der Waals surface area contributed by atoms with Crippen LogP contribution in [0, 0.1) is 0 Å². The summed E-state index contributed by atoms with van der Waals surface area (Å²) in [4.78, 5) is 13.5. The highest BCUT2D eigenvalue weighted by Crippen LogP contribution is 2.22. The SMILES string of the molecule is O=C=NCc1n[nH]c2c1CCCC2. The monoisotopic (exact) mass is 177 g/mol. The van der Waals surface area contributed by atoms with Crippen LogP contribution in [0.4, 0.5) is 0 Å². The van der Waals surface area contributed by atoms with Crippen LogP contribution in [0.25, 0.3) is 0 Å². The van der Waals surface area contributed by atoms with Gasteiger partial charge in [-0.2, -0.15) is 10.1 Å². The maximum Gasteiger partial charge on any atom is 0.235 e. The molecule has 4 heteroatoms. The average Bonchev–Trinajstić information content (AvgIpc) is 2.58. The number of hydrogen-bond acceptors (Lipinski definition) is 3. The predicted molar refractivity (Wildman–Crippen MR) is 47.1 cm³/mol. The molecule has 0 saturated heterocycles. The van der Waals surface area contributed by atoms with E-state index in [-0.39, 0.29) is 0 Å². The van der Waals surface area contributed by atoms with E-state index in [4.69, 9.17) is 0 Å². The molecular formula is C9H11N3O. The standard InChI is InChI=1S/C9H11N3O/c13-6-10-5-9-7-3-1-2-4-8(7)11-12-9/h1-5H2,(H,11,12). The highest BCUT2D eigenvalue weighted by Gasteiger charge is 2.15. The number of carbonyl (C=O) groups excluding carboxylic acids is 1. The van der Waals surface area contributed by atoms with Crippen LogP contribution in [0.3, 0.4) is 0 Å². The Morgan fingerprint density at radius 3 is 3.15 bits per heavy atom. The zero-order valence-electron chi connectivity index (χ0n) is 7.34. The summed E-state index contributed by atoms with van der Waals surface area (Å²) in [5, 5.41) is 7.13. The number of aromatic amines is 1. The predicted octanol–water partition coefficient (Wildman–Crippen LogP) is 1.12. The number of isocyanates is 1. The third-order valence-corrected chi connectivity index (χ3v) is 2.44. The van der Waals surface area contributed by atoms with E-state index in [1.165, 1.54) is 30.2 Å². The minimum Gasteiger partial charge on any atom is -0.282 e. The number of fused-ring (bicyclic) bond motifs is 1. The van der Waals surface area contributed by atoms with Crippen LogP contribution in [-0.2, 0) is 24.2 Å². The molecule has 0 fully saturated rings. The zero-order chi connectivity index (χ0) is 9.10. The molecular weight excluding hydrogens is 166 g/mol. The van der Waals surface area contributed by atoms with Crippen LogP contribution in [0.15, 0.2) is 4.99 Å². The van der Waals surface area contributed by atoms with Crippen molar-refractivity contribution in [1.29, 1.82) is 0 Å². The molecule has 0 amide bonds. The maximum atomic E-state index is 9.94. The van der Waals surface area contributed by atoms with Gasteiger partial charge in [0, 0.05) is 5.69 Å². The van der Waals surface area contributed by atoms with Gasteiger partial charge < -0.3 is 0 Å². The second-order valence-corrected chi connectivity index (χ2v) is 3.24. The molecule has 0 spiro atoms. The summed E-state index contributed by atoms with van der Waals surface area (Å²) in [6.07, 6.45) is 6.12. The number of aryl methyl sites for hydroxylation is 1. The van der Waals surface area contributed by atoms with Crippen molar-refractivity contribution in [1.82, 2.24) is 10.2 Å². The first-order valence-corrected chi connectivity index (χ1v) is 4.50. The normalized spacial score (nSPS) is 14.8. The lowest BCUT2D eigenvalue weighted by Gasteiger charge is -2.09. The highest BCUT2D eigenvalue weighted by atomic mass is 16.1. The number of H-pyrrole nitrogens is 1. The topological polar surface area (TPSA) is 58.1 Å². The lowest BCUT2D eigenvalue weighted by Crippen LogP contribution is -2.02. The maximum absolute atomic E-state index is 9.94. The Hall–Kier alpha value is -1.41. The second kappa shape index (κ2) is 3.54. The van der Waals surface area contributed by atoms with Gasteiger partial charge in [-0.15, -0.1) is 0 Å². The number of rotatable bonds is 2. The van der Waals surface area contributed by atoms with Crippen molar-refractivity contribution in [3.8, 4) is 0 Å². The van der Waals surface area contributed by atoms with Gasteiger partial charge >= 0.3 is 0 Å². The molecule has 0 radical (unpaired) electrons. The fourth-order valence-corrected chi connectivity index (χ4v) is 1.79. The molecule has 1 aliphatic rings. The molecule has 0 saturated carbocycles. The molecule has 1 aromatic rings. The first kappa shape index (κ1) is 8.20. The van der Waals surface area contributed by atoms with Gasteiger partial charge in [0.25, 0.3) is 0 Å². The summed E-state index contributed by atoms with van der Waals surface area (Å²) >= 11 is 0. The molecule has 0 bridgehead atoms. The van der Waals surface area contributed by atoms with Gasteiger partial charge in [-0.05, 0) is 31.2 Å². The summed E-state index contributed by atoms with van der Waals surface area (Å²) in [6.45, 7) is 0.370. The van der Waals surface area contributed by atoms with Crippen LogP contribution < -0.4 is 0 Å². The molecule has 1 N–H and O–H groups in total. The third kappa shape index (κ3) is 1.53. The smallest absolute Gasteiger partial charge is 0.235 e. The van der Waals surface area contributed by atoms with E-state index < -0.39 is 0 Å². The van der Waals surface area contributed by atoms with Gasteiger partial charge in [0.05, 0.1) is 12.2 Å². The first-order chi connectivity index (χ1) is 6.42. The van der Waals surface area contributed by atoms with Crippen LogP contribution in [0.5, 0.6) is 0 Å². The molecule has 4 nitrogen and oxygen atoms in total. The Labute approximate surface area is 76.1 Å². The summed E-state index contributed by atoms with van der Waals surface area (Å²) in [6, 6.07) is 0. The van der Waals surface area contributed by atoms with Crippen LogP contribution in [0.1, 0.15) is 29.8 Å². The molecule has 1 heterocycles. The largest absolute Gasteiger partial charge is 0.282 e. The number of nitrogens with one attached hydrogen (secondary N) is 1. The number of aromatic nitrogens is 2. The summed E-state index contributed by atoms with van der Waals surface area (Å²) in [7, 11) is 0. The summed E-state index contributed by atoms with van der Waals surface area (Å²) in [5.74, 6) is 0. The third-order valence-electron chi connectivity index (χ3n) is 2.44. The van der Waals surface area contributed by atoms with Crippen molar-refractivity contribution in [2.45, 2.75) is 32.2 Å². The van der Waals surface area contributed by atoms with Gasteiger partial charge in [-0.25, -0.2) is 4.79 Å². The number of aliphatic imine (C=N–C) groups is 1. The second-order valence-electron chi connectivity index (χ2n) is 3.24. The number of hydrogen-bond donors (Lipinski definition) is 1. The molecule has 0 atom stereocenters. The van der Waals surface area contributed by atoms with Crippen molar-refractivity contribution in [3.05, 3.63) is 17.0 Å². The van der Waals surface area contributed by atoms with Gasteiger partial charge in [0.1, 0.15) is 0 Å². The van der Waals surface area contributed by atoms with Crippen molar-refractivity contribution < 1.29 is 4.79 Å². The van der Waals surface area contributed by atoms with Crippen LogP contribution >= 0.6 is 0 Å². The highest BCUT2D eigenvalue weighted by molar-refractivity contribution is 5.34. The van der Waals surface area contributed by atoms with Gasteiger partial charge in [-0.1, -0.05) is 0 Å². The summed E-state index contributed by atoms with van der Waals surface area (Å²) in [5.41, 5.74) is 3.41. The van der Waals surface area contributed by atoms with Crippen molar-refractivity contribution in [3.63, 3.8) is 0 Å². The zero-order valence-corrected chi connectivity index (χ0v) is 7.34. The first-order valence-electron chi connectivity index (χ1n) is 4.50. The minimum absolute atomic E-state index is 0.370. The Balaban J connectivity index is 2.26. The average molecular weight is 177 g/mol. The molecule has 2 rings (SSSR count). The van der Waals surface area contributed by atoms with Crippen molar-refractivity contribution in [2.75, 3.05) is 0 Å². The van der Waals surface area contributed by atoms with Crippen LogP contribution in [-0.4, -0.2) is 16.3 Å². The Morgan fingerprint density at radius 2 is 2.31 bits per heavy atom. The molecule has 13 heavy (non-hydrogen) atoms. The fourth-order valence-electron chi connectivity index (χ4n) is 1.79. The van der Waals surface area contributed by atoms with E-state index in [1.807, 2.05) is 0 Å². The van der Waals surface area contributed by atoms with Crippen molar-refractivity contribution >= 4 is 6.08 Å². The molecule has 1 aromatic heterocycles. The lowest BCUT2D eigenvalue weighted by molar-refractivity contribution is 0.562. The van der Waals surface area contributed by atoms with Crippen molar-refractivity contribution in [2.24, 2.45) is 4.99 Å². The quantitative estimate of drug-likeness (QED) is 0.543. The van der Waals surface area contributed by atoms with E-state index in [0.717, 1.165) is 18.5 Å². The Morgan fingerprint density at radius 1 is 1.46 bits per heavy atom. The Kier molecular flexibility index (Phi) is 2.23.